The van der Waals surface area contributed by atoms with E-state index in [9.17, 15) is 0 Å². The highest BCUT2D eigenvalue weighted by Gasteiger charge is 2.23. The van der Waals surface area contributed by atoms with Gasteiger partial charge in [0, 0.05) is 65.7 Å². The maximum absolute atomic E-state index is 7.73. The van der Waals surface area contributed by atoms with Gasteiger partial charge in [-0.1, -0.05) is 103 Å². The van der Waals surface area contributed by atoms with Gasteiger partial charge in [0.05, 0.1) is 12.3 Å². The van der Waals surface area contributed by atoms with Gasteiger partial charge < -0.3 is 14.7 Å². The van der Waals surface area contributed by atoms with Crippen LogP contribution in [0.25, 0.3) is 25.0 Å². The summed E-state index contributed by atoms with van der Waals surface area (Å²) in [5.74, 6) is 0. The molecule has 1 heterocycles. The number of thiophene rings is 1. The zero-order chi connectivity index (χ0) is 36.3. The molecule has 5 heteroatoms. The van der Waals surface area contributed by atoms with Crippen LogP contribution in [0.3, 0.4) is 0 Å². The molecule has 54 heavy (non-hydrogen) atoms. The molecule has 4 nitrogen and oxygen atoms in total. The molecule has 0 aliphatic rings. The molecule has 0 unspecified atom stereocenters. The molecular weight excluding hydrogens is 677 g/mol. The summed E-state index contributed by atoms with van der Waals surface area (Å²) in [7, 11) is 0. The second kappa shape index (κ2) is 14.5. The molecule has 9 rings (SSSR count). The minimum Gasteiger partial charge on any atom is -0.312 e. The molecule has 0 aliphatic heterocycles. The van der Waals surface area contributed by atoms with Crippen LogP contribution in [0.2, 0.25) is 0 Å². The average Bonchev–Trinajstić information content (AvgIpc) is 3.61. The minimum atomic E-state index is 0.605. The second-order valence-electron chi connectivity index (χ2n) is 12.9. The van der Waals surface area contributed by atoms with Crippen LogP contribution in [0, 0.1) is 6.57 Å². The van der Waals surface area contributed by atoms with Gasteiger partial charge in [0.2, 0.25) is 0 Å². The van der Waals surface area contributed by atoms with Crippen molar-refractivity contribution >= 4 is 88.4 Å². The van der Waals surface area contributed by atoms with Crippen LogP contribution in [0.1, 0.15) is 0 Å². The Balaban J connectivity index is 1.35. The number of benzene rings is 8. The fourth-order valence-electron chi connectivity index (χ4n) is 7.21. The number of hydrogen-bond acceptors (Lipinski definition) is 4. The molecule has 0 spiro atoms. The lowest BCUT2D eigenvalue weighted by Crippen LogP contribution is -2.13. The number of fused-ring (bicyclic) bond motifs is 3. The molecule has 0 radical (unpaired) electrons. The van der Waals surface area contributed by atoms with E-state index in [-0.39, 0.29) is 0 Å². The van der Waals surface area contributed by atoms with Gasteiger partial charge in [0.15, 0.2) is 5.69 Å². The van der Waals surface area contributed by atoms with Gasteiger partial charge in [0.25, 0.3) is 0 Å². The van der Waals surface area contributed by atoms with E-state index in [4.69, 9.17) is 6.57 Å². The van der Waals surface area contributed by atoms with E-state index < -0.39 is 0 Å². The van der Waals surface area contributed by atoms with E-state index in [0.29, 0.717) is 5.69 Å². The van der Waals surface area contributed by atoms with Crippen molar-refractivity contribution in [3.63, 3.8) is 0 Å². The zero-order valence-corrected chi connectivity index (χ0v) is 30.1. The van der Waals surface area contributed by atoms with Gasteiger partial charge in [-0.25, -0.2) is 4.85 Å². The summed E-state index contributed by atoms with van der Waals surface area (Å²) < 4.78 is 2.38. The Labute approximate surface area is 319 Å². The highest BCUT2D eigenvalue weighted by atomic mass is 32.1. The first-order chi connectivity index (χ1) is 26.7. The lowest BCUT2D eigenvalue weighted by atomic mass is 10.0. The van der Waals surface area contributed by atoms with Crippen LogP contribution in [-0.2, 0) is 0 Å². The van der Waals surface area contributed by atoms with Crippen molar-refractivity contribution in [2.45, 2.75) is 0 Å². The van der Waals surface area contributed by atoms with Gasteiger partial charge in [-0.3, -0.25) is 0 Å². The van der Waals surface area contributed by atoms with E-state index in [1.54, 1.807) is 0 Å². The van der Waals surface area contributed by atoms with Gasteiger partial charge in [-0.15, -0.1) is 11.3 Å². The van der Waals surface area contributed by atoms with Gasteiger partial charge in [-0.2, -0.15) is 0 Å². The second-order valence-corrected chi connectivity index (χ2v) is 14.0. The fraction of sp³-hybridized carbons (Fsp3) is 0. The Hall–Kier alpha value is -7.13. The number of para-hydroxylation sites is 5. The maximum atomic E-state index is 7.73. The lowest BCUT2D eigenvalue weighted by Gasteiger charge is -2.30. The van der Waals surface area contributed by atoms with Gasteiger partial charge in [0.1, 0.15) is 0 Å². The van der Waals surface area contributed by atoms with Crippen molar-refractivity contribution < 1.29 is 0 Å². The van der Waals surface area contributed by atoms with E-state index in [1.165, 1.54) is 20.2 Å². The lowest BCUT2D eigenvalue weighted by molar-refractivity contribution is 1.26. The predicted molar refractivity (Wildman–Crippen MR) is 230 cm³/mol. The molecule has 0 amide bonds. The summed E-state index contributed by atoms with van der Waals surface area (Å²) in [5.41, 5.74) is 10.1. The van der Waals surface area contributed by atoms with Crippen LogP contribution < -0.4 is 14.7 Å². The van der Waals surface area contributed by atoms with Crippen molar-refractivity contribution in [3.05, 3.63) is 218 Å². The first-order valence-corrected chi connectivity index (χ1v) is 18.7. The van der Waals surface area contributed by atoms with Crippen molar-refractivity contribution in [3.8, 4) is 0 Å². The Morgan fingerprint density at radius 2 is 0.796 bits per heavy atom. The molecule has 0 bridgehead atoms. The molecule has 0 saturated carbocycles. The average molecular weight is 711 g/mol. The molecule has 0 atom stereocenters. The smallest absolute Gasteiger partial charge is 0.189 e. The van der Waals surface area contributed by atoms with Crippen LogP contribution in [0.5, 0.6) is 0 Å². The molecular formula is C49H34N4S. The summed E-state index contributed by atoms with van der Waals surface area (Å²) in [4.78, 5) is 10.7. The number of hydrogen-bond donors (Lipinski definition) is 0. The van der Waals surface area contributed by atoms with Crippen LogP contribution >= 0.6 is 11.3 Å². The molecule has 9 aromatic rings. The van der Waals surface area contributed by atoms with Crippen LogP contribution in [-0.4, -0.2) is 0 Å². The summed E-state index contributed by atoms with van der Waals surface area (Å²) in [5, 5.41) is 2.34. The minimum absolute atomic E-state index is 0.605. The third-order valence-electron chi connectivity index (χ3n) is 9.56. The van der Waals surface area contributed by atoms with E-state index in [2.05, 4.69) is 202 Å². The maximum Gasteiger partial charge on any atom is 0.189 e. The Morgan fingerprint density at radius 1 is 0.352 bits per heavy atom. The molecule has 8 aromatic carbocycles. The van der Waals surface area contributed by atoms with Crippen molar-refractivity contribution in [2.75, 3.05) is 14.7 Å². The number of nitrogens with zero attached hydrogens (tertiary/aromatic N) is 4. The first kappa shape index (κ1) is 32.8. The topological polar surface area (TPSA) is 14.1 Å². The van der Waals surface area contributed by atoms with Crippen molar-refractivity contribution in [1.82, 2.24) is 0 Å². The third kappa shape index (κ3) is 6.22. The van der Waals surface area contributed by atoms with E-state index in [1.807, 2.05) is 35.6 Å². The Bertz CT molecular complexity index is 2650. The number of rotatable bonds is 9. The molecule has 0 saturated heterocycles. The van der Waals surface area contributed by atoms with Crippen molar-refractivity contribution in [1.29, 1.82) is 0 Å². The first-order valence-electron chi connectivity index (χ1n) is 17.9. The molecule has 1 aromatic heterocycles. The van der Waals surface area contributed by atoms with Crippen LogP contribution in [0.4, 0.5) is 56.9 Å². The quantitative estimate of drug-likeness (QED) is 0.139. The van der Waals surface area contributed by atoms with Gasteiger partial charge in [-0.05, 0) is 103 Å². The van der Waals surface area contributed by atoms with Gasteiger partial charge >= 0.3 is 0 Å². The standard InChI is InChI=1S/C49H34N4S/c1-50-36-18-17-29-42(32-36)52(39-23-11-4-12-24-39)43-30-31-47-45(33-43)49-46(53(40-25-13-5-14-26-40)41-27-15-6-16-28-41)34-44(35-48(49)54-47)51(37-19-7-2-8-20-37)38-21-9-3-10-22-38/h2-35H. The highest BCUT2D eigenvalue weighted by molar-refractivity contribution is 7.26. The summed E-state index contributed by atoms with van der Waals surface area (Å²) >= 11 is 1.81. The molecule has 0 aliphatic carbocycles. The predicted octanol–water partition coefficient (Wildman–Crippen LogP) is 15.0. The van der Waals surface area contributed by atoms with E-state index >= 15 is 0 Å². The fourth-order valence-corrected chi connectivity index (χ4v) is 8.35. The molecule has 0 fully saturated rings. The Morgan fingerprint density at radius 3 is 1.30 bits per heavy atom. The summed E-state index contributed by atoms with van der Waals surface area (Å²) in [6.45, 7) is 7.73. The van der Waals surface area contributed by atoms with Crippen molar-refractivity contribution in [2.24, 2.45) is 0 Å². The van der Waals surface area contributed by atoms with E-state index in [0.717, 1.165) is 51.2 Å². The molecule has 256 valence electrons. The third-order valence-corrected chi connectivity index (χ3v) is 10.7. The highest BCUT2D eigenvalue weighted by Crippen LogP contribution is 2.50. The number of anilines is 9. The SMILES string of the molecule is [C-]#[N+]c1cccc(N(c2ccccc2)c2ccc3sc4cc(N(c5ccccc5)c5ccccc5)cc(N(c5ccccc5)c5ccccc5)c4c3c2)c1. The van der Waals surface area contributed by atoms with Crippen LogP contribution in [0.15, 0.2) is 206 Å². The zero-order valence-electron chi connectivity index (χ0n) is 29.3. The summed E-state index contributed by atoms with van der Waals surface area (Å²) in [6.07, 6.45) is 0. The monoisotopic (exact) mass is 710 g/mol. The summed E-state index contributed by atoms with van der Waals surface area (Å²) in [6, 6.07) is 72.1. The Kier molecular flexibility index (Phi) is 8.78. The molecule has 0 N–H and O–H groups in total. The largest absolute Gasteiger partial charge is 0.312 e. The normalized spacial score (nSPS) is 10.9.